The molecule has 1 N–H and O–H groups in total. The maximum Gasteiger partial charge on any atom is 0.345 e. The highest BCUT2D eigenvalue weighted by molar-refractivity contribution is 6.31. The van der Waals surface area contributed by atoms with Crippen LogP contribution in [0.15, 0.2) is 42.5 Å². The summed E-state index contributed by atoms with van der Waals surface area (Å²) in [6, 6.07) is 8.37. The number of ether oxygens (including phenoxy) is 1. The van der Waals surface area contributed by atoms with E-state index in [1.54, 1.807) is 0 Å². The van der Waals surface area contributed by atoms with Crippen LogP contribution in [0.3, 0.4) is 0 Å². The predicted molar refractivity (Wildman–Crippen MR) is 83.4 cm³/mol. The third kappa shape index (κ3) is 4.50. The van der Waals surface area contributed by atoms with Gasteiger partial charge in [0.25, 0.3) is 11.6 Å². The number of nitrogens with one attached hydrogen (secondary N) is 1. The van der Waals surface area contributed by atoms with Gasteiger partial charge in [-0.1, -0.05) is 11.6 Å². The monoisotopic (exact) mass is 352 g/mol. The van der Waals surface area contributed by atoms with Crippen molar-refractivity contribution in [2.24, 2.45) is 0 Å². The molecule has 7 nitrogen and oxygen atoms in total. The molecule has 0 fully saturated rings. The fraction of sp³-hybridized carbons (Fsp3) is 0.0667. The second-order valence-corrected chi connectivity index (χ2v) is 4.99. The summed E-state index contributed by atoms with van der Waals surface area (Å²) >= 11 is 5.71. The van der Waals surface area contributed by atoms with Crippen molar-refractivity contribution in [3.63, 3.8) is 0 Å². The minimum Gasteiger partial charge on any atom is -0.452 e. The van der Waals surface area contributed by atoms with Crippen LogP contribution in [0.2, 0.25) is 5.02 Å². The van der Waals surface area contributed by atoms with Crippen LogP contribution >= 0.6 is 11.6 Å². The van der Waals surface area contributed by atoms with E-state index in [9.17, 15) is 24.1 Å². The fourth-order valence-electron chi connectivity index (χ4n) is 1.77. The summed E-state index contributed by atoms with van der Waals surface area (Å²) in [6.45, 7) is -0.667. The Labute approximate surface area is 140 Å². The van der Waals surface area contributed by atoms with Gasteiger partial charge in [0.15, 0.2) is 6.61 Å². The van der Waals surface area contributed by atoms with E-state index in [2.05, 4.69) is 5.32 Å². The van der Waals surface area contributed by atoms with Crippen molar-refractivity contribution in [2.75, 3.05) is 11.9 Å². The van der Waals surface area contributed by atoms with Crippen molar-refractivity contribution < 1.29 is 23.6 Å². The number of nitrogens with zero attached hydrogens (tertiary/aromatic N) is 1. The number of amides is 1. The number of nitro benzene ring substituents is 1. The Morgan fingerprint density at radius 2 is 1.88 bits per heavy atom. The van der Waals surface area contributed by atoms with Crippen molar-refractivity contribution >= 4 is 34.9 Å². The summed E-state index contributed by atoms with van der Waals surface area (Å²) in [7, 11) is 0. The maximum atomic E-state index is 12.8. The van der Waals surface area contributed by atoms with Crippen LogP contribution in [0.25, 0.3) is 0 Å². The molecule has 9 heteroatoms. The molecule has 0 aromatic heterocycles. The SMILES string of the molecule is O=C(COC(=O)c1cc(Cl)ccc1[N+](=O)[O-])Nc1ccc(F)cc1. The van der Waals surface area contributed by atoms with E-state index < -0.39 is 34.9 Å². The maximum absolute atomic E-state index is 12.8. The second kappa shape index (κ2) is 7.51. The predicted octanol–water partition coefficient (Wildman–Crippen LogP) is 3.18. The summed E-state index contributed by atoms with van der Waals surface area (Å²) in [5, 5.41) is 13.4. The smallest absolute Gasteiger partial charge is 0.345 e. The lowest BCUT2D eigenvalue weighted by Crippen LogP contribution is -2.21. The topological polar surface area (TPSA) is 98.5 Å². The molecule has 0 radical (unpaired) electrons. The fourth-order valence-corrected chi connectivity index (χ4v) is 1.94. The average Bonchev–Trinajstić information content (AvgIpc) is 2.54. The number of hydrogen-bond donors (Lipinski definition) is 1. The summed E-state index contributed by atoms with van der Waals surface area (Å²) in [5.74, 6) is -2.20. The molecule has 24 heavy (non-hydrogen) atoms. The number of benzene rings is 2. The van der Waals surface area contributed by atoms with E-state index in [1.165, 1.54) is 18.2 Å². The quantitative estimate of drug-likeness (QED) is 0.506. The van der Waals surface area contributed by atoms with Crippen molar-refractivity contribution in [1.82, 2.24) is 0 Å². The molecule has 0 saturated carbocycles. The van der Waals surface area contributed by atoms with E-state index in [4.69, 9.17) is 16.3 Å². The average molecular weight is 353 g/mol. The van der Waals surface area contributed by atoms with E-state index >= 15 is 0 Å². The van der Waals surface area contributed by atoms with Crippen LogP contribution in [0.5, 0.6) is 0 Å². The number of rotatable bonds is 5. The highest BCUT2D eigenvalue weighted by Gasteiger charge is 2.22. The largest absolute Gasteiger partial charge is 0.452 e. The zero-order valence-electron chi connectivity index (χ0n) is 12.0. The molecule has 2 aromatic carbocycles. The standard InChI is InChI=1S/C15H10ClFN2O5/c16-9-1-6-13(19(22)23)12(7-9)15(21)24-8-14(20)18-11-4-2-10(17)3-5-11/h1-7H,8H2,(H,18,20). The Hall–Kier alpha value is -3.00. The summed E-state index contributed by atoms with van der Waals surface area (Å²) in [6.07, 6.45) is 0. The Bertz CT molecular complexity index is 795. The van der Waals surface area contributed by atoms with Crippen molar-refractivity contribution in [3.8, 4) is 0 Å². The zero-order chi connectivity index (χ0) is 17.7. The molecular weight excluding hydrogens is 343 g/mol. The van der Waals surface area contributed by atoms with Crippen molar-refractivity contribution in [1.29, 1.82) is 0 Å². The number of halogens is 2. The highest BCUT2D eigenvalue weighted by atomic mass is 35.5. The minimum absolute atomic E-state index is 0.114. The van der Waals surface area contributed by atoms with Crippen LogP contribution in [-0.4, -0.2) is 23.4 Å². The summed E-state index contributed by atoms with van der Waals surface area (Å²) < 4.78 is 17.5. The van der Waals surface area contributed by atoms with Crippen LogP contribution in [0, 0.1) is 15.9 Å². The molecular formula is C15H10ClFN2O5. The van der Waals surface area contributed by atoms with E-state index in [0.717, 1.165) is 24.3 Å². The lowest BCUT2D eigenvalue weighted by Gasteiger charge is -2.07. The molecule has 1 amide bonds. The highest BCUT2D eigenvalue weighted by Crippen LogP contribution is 2.23. The minimum atomic E-state index is -1.06. The molecule has 0 aliphatic carbocycles. The number of carbonyl (C=O) groups is 2. The first-order chi connectivity index (χ1) is 11.4. The number of nitro groups is 1. The van der Waals surface area contributed by atoms with Gasteiger partial charge >= 0.3 is 5.97 Å². The molecule has 2 rings (SSSR count). The Balaban J connectivity index is 2.00. The summed E-state index contributed by atoms with van der Waals surface area (Å²) in [5.41, 5.74) is -0.531. The van der Waals surface area contributed by atoms with E-state index in [-0.39, 0.29) is 10.6 Å². The van der Waals surface area contributed by atoms with Gasteiger partial charge in [-0.25, -0.2) is 9.18 Å². The van der Waals surface area contributed by atoms with Crippen LogP contribution < -0.4 is 5.32 Å². The molecule has 0 saturated heterocycles. The zero-order valence-corrected chi connectivity index (χ0v) is 12.7. The third-order valence-electron chi connectivity index (χ3n) is 2.84. The molecule has 0 heterocycles. The molecule has 0 atom stereocenters. The normalized spacial score (nSPS) is 10.1. The number of hydrogen-bond acceptors (Lipinski definition) is 5. The molecule has 0 unspecified atom stereocenters. The molecule has 2 aromatic rings. The Morgan fingerprint density at radius 3 is 2.50 bits per heavy atom. The first-order valence-electron chi connectivity index (χ1n) is 6.53. The van der Waals surface area contributed by atoms with Gasteiger partial charge in [-0.05, 0) is 36.4 Å². The molecule has 124 valence electrons. The van der Waals surface area contributed by atoms with Gasteiger partial charge in [0.05, 0.1) is 4.92 Å². The Kier molecular flexibility index (Phi) is 5.43. The van der Waals surface area contributed by atoms with E-state index in [0.29, 0.717) is 5.69 Å². The number of esters is 1. The first-order valence-corrected chi connectivity index (χ1v) is 6.91. The number of carbonyl (C=O) groups excluding carboxylic acids is 2. The van der Waals surface area contributed by atoms with Gasteiger partial charge in [0.1, 0.15) is 11.4 Å². The van der Waals surface area contributed by atoms with Gasteiger partial charge in [-0.2, -0.15) is 0 Å². The van der Waals surface area contributed by atoms with E-state index in [1.807, 2.05) is 0 Å². The molecule has 0 aliphatic rings. The van der Waals surface area contributed by atoms with Gasteiger partial charge in [-0.15, -0.1) is 0 Å². The number of anilines is 1. The molecule has 0 bridgehead atoms. The van der Waals surface area contributed by atoms with Crippen molar-refractivity contribution in [2.45, 2.75) is 0 Å². The van der Waals surface area contributed by atoms with Gasteiger partial charge < -0.3 is 10.1 Å². The summed E-state index contributed by atoms with van der Waals surface area (Å²) in [4.78, 5) is 33.7. The second-order valence-electron chi connectivity index (χ2n) is 4.55. The molecule has 0 aliphatic heterocycles. The third-order valence-corrected chi connectivity index (χ3v) is 3.07. The van der Waals surface area contributed by atoms with Gasteiger partial charge in [-0.3, -0.25) is 14.9 Å². The lowest BCUT2D eigenvalue weighted by atomic mass is 10.2. The van der Waals surface area contributed by atoms with Crippen LogP contribution in [0.4, 0.5) is 15.8 Å². The molecule has 0 spiro atoms. The Morgan fingerprint density at radius 1 is 1.21 bits per heavy atom. The van der Waals surface area contributed by atoms with Crippen LogP contribution in [-0.2, 0) is 9.53 Å². The van der Waals surface area contributed by atoms with Gasteiger partial charge in [0.2, 0.25) is 0 Å². The first kappa shape index (κ1) is 17.4. The van der Waals surface area contributed by atoms with Gasteiger partial charge in [0, 0.05) is 16.8 Å². The van der Waals surface area contributed by atoms with Crippen molar-refractivity contribution in [3.05, 3.63) is 69.0 Å². The van der Waals surface area contributed by atoms with Crippen LogP contribution in [0.1, 0.15) is 10.4 Å². The lowest BCUT2D eigenvalue weighted by molar-refractivity contribution is -0.385.